The van der Waals surface area contributed by atoms with Gasteiger partial charge in [0.05, 0.1) is 22.4 Å². The summed E-state index contributed by atoms with van der Waals surface area (Å²) in [6.07, 6.45) is 1.01. The Balaban J connectivity index is 1.52. The quantitative estimate of drug-likeness (QED) is 0.638. The summed E-state index contributed by atoms with van der Waals surface area (Å²) in [7, 11) is 0. The summed E-state index contributed by atoms with van der Waals surface area (Å²) < 4.78 is 14.0. The van der Waals surface area contributed by atoms with Gasteiger partial charge in [0.1, 0.15) is 0 Å². The molecule has 3 N–H and O–H groups in total. The van der Waals surface area contributed by atoms with E-state index in [1.807, 2.05) is 31.2 Å². The smallest absolute Gasteiger partial charge is 0.329 e. The summed E-state index contributed by atoms with van der Waals surface area (Å²) in [5.41, 5.74) is 8.46. The van der Waals surface area contributed by atoms with Crippen LogP contribution in [0.3, 0.4) is 0 Å². The first-order valence-electron chi connectivity index (χ1n) is 9.25. The highest BCUT2D eigenvalue weighted by Crippen LogP contribution is 2.38. The van der Waals surface area contributed by atoms with Crippen LogP contribution in [0.2, 0.25) is 0 Å². The maximum Gasteiger partial charge on any atom is 0.329 e. The number of amides is 1. The second-order valence-electron chi connectivity index (χ2n) is 6.67. The first-order chi connectivity index (χ1) is 13.6. The highest BCUT2D eigenvalue weighted by Gasteiger charge is 2.18. The Kier molecular flexibility index (Phi) is 4.68. The van der Waals surface area contributed by atoms with E-state index < -0.39 is 0 Å². The molecule has 0 radical (unpaired) electrons. The van der Waals surface area contributed by atoms with E-state index in [4.69, 9.17) is 15.2 Å². The zero-order valence-electron chi connectivity index (χ0n) is 15.6. The number of nitrogens with one attached hydrogen (secondary N) is 1. The molecule has 4 rings (SSSR count). The number of hydrogen-bond acceptors (Lipinski definition) is 5. The molecule has 1 aliphatic heterocycles. The van der Waals surface area contributed by atoms with Crippen LogP contribution in [-0.4, -0.2) is 21.8 Å². The van der Waals surface area contributed by atoms with Crippen molar-refractivity contribution in [3.63, 3.8) is 0 Å². The molecular formula is C20H22N4O4. The van der Waals surface area contributed by atoms with E-state index in [1.165, 1.54) is 0 Å². The van der Waals surface area contributed by atoms with Crippen LogP contribution in [0.1, 0.15) is 19.8 Å². The summed E-state index contributed by atoms with van der Waals surface area (Å²) in [5.74, 6) is 0.874. The molecule has 0 fully saturated rings. The third-order valence-corrected chi connectivity index (χ3v) is 4.75. The van der Waals surface area contributed by atoms with Crippen LogP contribution < -0.4 is 26.2 Å². The van der Waals surface area contributed by atoms with Gasteiger partial charge in [0.25, 0.3) is 0 Å². The molecule has 1 aliphatic rings. The Morgan fingerprint density at radius 2 is 1.75 bits per heavy atom. The molecule has 28 heavy (non-hydrogen) atoms. The lowest BCUT2D eigenvalue weighted by Gasteiger charge is -2.10. The predicted molar refractivity (Wildman–Crippen MR) is 107 cm³/mol. The minimum absolute atomic E-state index is 0.0987. The molecule has 8 nitrogen and oxygen atoms in total. The van der Waals surface area contributed by atoms with E-state index in [2.05, 4.69) is 5.32 Å². The molecule has 2 aromatic carbocycles. The lowest BCUT2D eigenvalue weighted by atomic mass is 10.2. The fraction of sp³-hybridized carbons (Fsp3) is 0.300. The van der Waals surface area contributed by atoms with Gasteiger partial charge in [0.2, 0.25) is 12.7 Å². The Hall–Kier alpha value is -3.42. The minimum atomic E-state index is -0.232. The number of fused-ring (bicyclic) bond motifs is 2. The van der Waals surface area contributed by atoms with Crippen LogP contribution in [0.4, 0.5) is 11.4 Å². The van der Waals surface area contributed by atoms with E-state index in [9.17, 15) is 9.59 Å². The molecule has 0 saturated heterocycles. The molecule has 1 amide bonds. The van der Waals surface area contributed by atoms with E-state index in [1.54, 1.807) is 21.3 Å². The molecule has 1 aromatic heterocycles. The minimum Gasteiger partial charge on any atom is -0.454 e. The first kappa shape index (κ1) is 18.0. The molecule has 146 valence electrons. The number of ether oxygens (including phenoxy) is 2. The second kappa shape index (κ2) is 7.30. The van der Waals surface area contributed by atoms with Gasteiger partial charge in [-0.3, -0.25) is 13.9 Å². The van der Waals surface area contributed by atoms with Crippen LogP contribution in [0.15, 0.2) is 41.2 Å². The van der Waals surface area contributed by atoms with Crippen LogP contribution >= 0.6 is 0 Å². The number of nitrogens with zero attached hydrogens (tertiary/aromatic N) is 2. The molecule has 2 heterocycles. The van der Waals surface area contributed by atoms with Crippen molar-refractivity contribution >= 4 is 28.3 Å². The Morgan fingerprint density at radius 3 is 2.43 bits per heavy atom. The summed E-state index contributed by atoms with van der Waals surface area (Å²) in [6.45, 7) is 3.09. The highest BCUT2D eigenvalue weighted by atomic mass is 16.7. The predicted octanol–water partition coefficient (Wildman–Crippen LogP) is 2.55. The number of benzene rings is 2. The number of anilines is 2. The molecule has 8 heteroatoms. The fourth-order valence-corrected chi connectivity index (χ4v) is 3.42. The van der Waals surface area contributed by atoms with Crippen molar-refractivity contribution in [3.05, 3.63) is 46.9 Å². The lowest BCUT2D eigenvalue weighted by Crippen LogP contribution is -2.26. The Bertz CT molecular complexity index is 1100. The van der Waals surface area contributed by atoms with E-state index in [-0.39, 0.29) is 31.4 Å². The number of para-hydroxylation sites is 2. The van der Waals surface area contributed by atoms with Gasteiger partial charge in [-0.1, -0.05) is 19.1 Å². The topological polar surface area (TPSA) is 101 Å². The van der Waals surface area contributed by atoms with Crippen LogP contribution in [-0.2, 0) is 17.9 Å². The average Bonchev–Trinajstić information content (AvgIpc) is 3.23. The van der Waals surface area contributed by atoms with Crippen molar-refractivity contribution in [1.29, 1.82) is 0 Å². The molecule has 0 aliphatic carbocycles. The van der Waals surface area contributed by atoms with E-state index in [0.717, 1.165) is 17.5 Å². The van der Waals surface area contributed by atoms with Crippen molar-refractivity contribution < 1.29 is 14.3 Å². The summed E-state index contributed by atoms with van der Waals surface area (Å²) in [4.78, 5) is 25.2. The standard InChI is InChI=1S/C20H22N4O4/c1-2-8-23-15-5-3-4-6-16(15)24(20(23)26)9-7-19(25)22-14-11-18-17(10-13(14)21)27-12-28-18/h3-6,10-11H,2,7-9,12,21H2,1H3,(H,22,25). The van der Waals surface area contributed by atoms with Gasteiger partial charge < -0.3 is 20.5 Å². The molecule has 0 atom stereocenters. The number of hydrogen-bond donors (Lipinski definition) is 2. The molecule has 0 bridgehead atoms. The SMILES string of the molecule is CCCn1c(=O)n(CCC(=O)Nc2cc3c(cc2N)OCO3)c2ccccc21. The molecule has 0 unspecified atom stereocenters. The number of rotatable bonds is 6. The van der Waals surface area contributed by atoms with Gasteiger partial charge in [-0.15, -0.1) is 0 Å². The van der Waals surface area contributed by atoms with Gasteiger partial charge in [-0.05, 0) is 18.6 Å². The number of carbonyl (C=O) groups is 1. The van der Waals surface area contributed by atoms with Crippen molar-refractivity contribution in [2.75, 3.05) is 17.8 Å². The van der Waals surface area contributed by atoms with Crippen molar-refractivity contribution in [1.82, 2.24) is 9.13 Å². The van der Waals surface area contributed by atoms with Crippen molar-refractivity contribution in [2.24, 2.45) is 0 Å². The summed E-state index contributed by atoms with van der Waals surface area (Å²) in [6, 6.07) is 10.9. The number of carbonyl (C=O) groups excluding carboxylic acids is 1. The summed E-state index contributed by atoms with van der Waals surface area (Å²) in [5, 5.41) is 2.79. The second-order valence-corrected chi connectivity index (χ2v) is 6.67. The monoisotopic (exact) mass is 382 g/mol. The molecule has 0 saturated carbocycles. The summed E-state index contributed by atoms with van der Waals surface area (Å²) >= 11 is 0. The van der Waals surface area contributed by atoms with Crippen LogP contribution in [0.25, 0.3) is 11.0 Å². The van der Waals surface area contributed by atoms with Gasteiger partial charge in [0, 0.05) is 31.6 Å². The number of aryl methyl sites for hydroxylation is 2. The van der Waals surface area contributed by atoms with Crippen LogP contribution in [0, 0.1) is 0 Å². The first-order valence-corrected chi connectivity index (χ1v) is 9.25. The van der Waals surface area contributed by atoms with Gasteiger partial charge in [0.15, 0.2) is 11.5 Å². The van der Waals surface area contributed by atoms with Gasteiger partial charge in [-0.2, -0.15) is 0 Å². The molecular weight excluding hydrogens is 360 g/mol. The van der Waals surface area contributed by atoms with Gasteiger partial charge >= 0.3 is 5.69 Å². The van der Waals surface area contributed by atoms with E-state index >= 15 is 0 Å². The molecule has 3 aromatic rings. The number of nitrogen functional groups attached to an aromatic ring is 1. The largest absolute Gasteiger partial charge is 0.454 e. The van der Waals surface area contributed by atoms with E-state index in [0.29, 0.717) is 29.4 Å². The van der Waals surface area contributed by atoms with Gasteiger partial charge in [-0.25, -0.2) is 4.79 Å². The van der Waals surface area contributed by atoms with Crippen molar-refractivity contribution in [3.8, 4) is 11.5 Å². The van der Waals surface area contributed by atoms with Crippen LogP contribution in [0.5, 0.6) is 11.5 Å². The highest BCUT2D eigenvalue weighted by molar-refractivity contribution is 5.94. The Labute approximate surface area is 161 Å². The Morgan fingerprint density at radius 1 is 1.11 bits per heavy atom. The lowest BCUT2D eigenvalue weighted by molar-refractivity contribution is -0.116. The zero-order valence-corrected chi connectivity index (χ0v) is 15.6. The third kappa shape index (κ3) is 3.17. The van der Waals surface area contributed by atoms with Crippen molar-refractivity contribution in [2.45, 2.75) is 32.9 Å². The third-order valence-electron chi connectivity index (χ3n) is 4.75. The fourth-order valence-electron chi connectivity index (χ4n) is 3.42. The maximum absolute atomic E-state index is 12.8. The maximum atomic E-state index is 12.8. The number of imidazole rings is 1. The molecule has 0 spiro atoms. The zero-order chi connectivity index (χ0) is 19.7. The average molecular weight is 382 g/mol. The number of aromatic nitrogens is 2. The number of nitrogens with two attached hydrogens (primary N) is 1. The normalized spacial score (nSPS) is 12.5.